The van der Waals surface area contributed by atoms with Crippen molar-refractivity contribution in [2.24, 2.45) is 0 Å². The molecule has 20 heavy (non-hydrogen) atoms. The molecular weight excluding hydrogens is 278 g/mol. The van der Waals surface area contributed by atoms with Gasteiger partial charge in [0.15, 0.2) is 5.82 Å². The van der Waals surface area contributed by atoms with Gasteiger partial charge in [0.2, 0.25) is 10.0 Å². The third kappa shape index (κ3) is 4.46. The fourth-order valence-electron chi connectivity index (χ4n) is 1.91. The zero-order valence-electron chi connectivity index (χ0n) is 12.5. The summed E-state index contributed by atoms with van der Waals surface area (Å²) in [6.45, 7) is 9.86. The molecule has 0 aliphatic carbocycles. The molecule has 0 radical (unpaired) electrons. The largest absolute Gasteiger partial charge is 0.381 e. The molecule has 116 valence electrons. The number of nitrogens with two attached hydrogens (primary N) is 1. The van der Waals surface area contributed by atoms with Crippen molar-refractivity contribution in [2.75, 3.05) is 31.9 Å². The monoisotopic (exact) mass is 303 g/mol. The van der Waals surface area contributed by atoms with Crippen LogP contribution in [0.1, 0.15) is 27.2 Å². The van der Waals surface area contributed by atoms with Crippen molar-refractivity contribution < 1.29 is 8.42 Å². The minimum Gasteiger partial charge on any atom is -0.381 e. The highest BCUT2D eigenvalue weighted by Gasteiger charge is 2.20. The first-order chi connectivity index (χ1) is 9.44. The second-order valence-corrected chi connectivity index (χ2v) is 6.25. The van der Waals surface area contributed by atoms with Crippen molar-refractivity contribution in [1.29, 1.82) is 0 Å². The highest BCUT2D eigenvalue weighted by Crippen LogP contribution is 2.15. The Bertz CT molecular complexity index is 508. The number of nitrogen functional groups attached to an aromatic ring is 1. The summed E-state index contributed by atoms with van der Waals surface area (Å²) in [5.41, 5.74) is 5.64. The van der Waals surface area contributed by atoms with Gasteiger partial charge in [-0.05, 0) is 33.0 Å². The lowest BCUT2D eigenvalue weighted by Crippen LogP contribution is -2.30. The predicted molar refractivity (Wildman–Crippen MR) is 79.9 cm³/mol. The summed E-state index contributed by atoms with van der Waals surface area (Å²) >= 11 is 0. The summed E-state index contributed by atoms with van der Waals surface area (Å²) in [4.78, 5) is 2.31. The number of aromatic nitrogens is 2. The summed E-state index contributed by atoms with van der Waals surface area (Å²) in [7, 11) is -3.57. The number of aryl methyl sites for hydroxylation is 1. The maximum absolute atomic E-state index is 12.1. The Morgan fingerprint density at radius 3 is 2.50 bits per heavy atom. The topological polar surface area (TPSA) is 93.2 Å². The molecule has 3 N–H and O–H groups in total. The third-order valence-electron chi connectivity index (χ3n) is 3.21. The fourth-order valence-corrected chi connectivity index (χ4v) is 3.06. The molecule has 0 bridgehead atoms. The Labute approximate surface area is 121 Å². The minimum atomic E-state index is -3.57. The lowest BCUT2D eigenvalue weighted by Gasteiger charge is -2.17. The Balaban J connectivity index is 2.55. The van der Waals surface area contributed by atoms with Crippen molar-refractivity contribution in [3.63, 3.8) is 0 Å². The average molecular weight is 303 g/mol. The van der Waals surface area contributed by atoms with E-state index in [1.54, 1.807) is 0 Å². The van der Waals surface area contributed by atoms with Gasteiger partial charge in [0.05, 0.1) is 0 Å². The molecule has 7 nitrogen and oxygen atoms in total. The lowest BCUT2D eigenvalue weighted by molar-refractivity contribution is 0.300. The molecule has 1 aromatic rings. The van der Waals surface area contributed by atoms with Gasteiger partial charge in [-0.25, -0.2) is 13.1 Å². The Kier molecular flexibility index (Phi) is 6.44. The van der Waals surface area contributed by atoms with E-state index < -0.39 is 10.0 Å². The van der Waals surface area contributed by atoms with Crippen molar-refractivity contribution >= 4 is 15.8 Å². The molecule has 0 fully saturated rings. The van der Waals surface area contributed by atoms with E-state index in [1.165, 1.54) is 10.9 Å². The van der Waals surface area contributed by atoms with Gasteiger partial charge in [-0.15, -0.1) is 0 Å². The Morgan fingerprint density at radius 1 is 1.35 bits per heavy atom. The van der Waals surface area contributed by atoms with E-state index in [-0.39, 0.29) is 10.7 Å². The first-order valence-electron chi connectivity index (χ1n) is 6.99. The number of nitrogens with one attached hydrogen (secondary N) is 1. The molecule has 8 heteroatoms. The molecule has 0 aliphatic rings. The molecule has 0 spiro atoms. The summed E-state index contributed by atoms with van der Waals surface area (Å²) in [5, 5.41) is 3.95. The summed E-state index contributed by atoms with van der Waals surface area (Å²) < 4.78 is 28.3. The van der Waals surface area contributed by atoms with E-state index in [0.717, 1.165) is 26.1 Å². The maximum atomic E-state index is 12.1. The minimum absolute atomic E-state index is 0.0445. The standard InChI is InChI=1S/C12H25N5O2S/c1-4-16(5-2)9-7-8-14-20(18,19)11-10-17(6-3)15-12(11)13/h10,14H,4-9H2,1-3H3,(H2,13,15). The molecule has 1 heterocycles. The number of rotatable bonds is 9. The number of anilines is 1. The van der Waals surface area contributed by atoms with Crippen LogP contribution in [0.25, 0.3) is 0 Å². The molecule has 0 amide bonds. The second-order valence-electron chi connectivity index (χ2n) is 4.51. The first-order valence-corrected chi connectivity index (χ1v) is 8.47. The van der Waals surface area contributed by atoms with Crippen LogP contribution in [0, 0.1) is 0 Å². The van der Waals surface area contributed by atoms with Crippen molar-refractivity contribution in [3.8, 4) is 0 Å². The van der Waals surface area contributed by atoms with Gasteiger partial charge in [0.25, 0.3) is 0 Å². The van der Waals surface area contributed by atoms with Gasteiger partial charge >= 0.3 is 0 Å². The van der Waals surface area contributed by atoms with Crippen LogP contribution in [-0.2, 0) is 16.6 Å². The van der Waals surface area contributed by atoms with Crippen LogP contribution in [0.15, 0.2) is 11.1 Å². The molecule has 0 saturated carbocycles. The van der Waals surface area contributed by atoms with E-state index in [2.05, 4.69) is 28.6 Å². The number of nitrogens with zero attached hydrogens (tertiary/aromatic N) is 3. The zero-order valence-corrected chi connectivity index (χ0v) is 13.3. The normalized spacial score (nSPS) is 12.2. The quantitative estimate of drug-likeness (QED) is 0.648. The van der Waals surface area contributed by atoms with Crippen LogP contribution in [0.4, 0.5) is 5.82 Å². The summed E-state index contributed by atoms with van der Waals surface area (Å²) in [6, 6.07) is 0. The molecule has 0 aromatic carbocycles. The van der Waals surface area contributed by atoms with Gasteiger partial charge in [-0.1, -0.05) is 13.8 Å². The third-order valence-corrected chi connectivity index (χ3v) is 4.68. The Morgan fingerprint density at radius 2 is 2.00 bits per heavy atom. The fraction of sp³-hybridized carbons (Fsp3) is 0.750. The zero-order chi connectivity index (χ0) is 15.2. The number of hydrogen-bond acceptors (Lipinski definition) is 5. The van der Waals surface area contributed by atoms with Crippen molar-refractivity contribution in [1.82, 2.24) is 19.4 Å². The van der Waals surface area contributed by atoms with Crippen LogP contribution >= 0.6 is 0 Å². The molecule has 0 unspecified atom stereocenters. The molecule has 0 saturated heterocycles. The van der Waals surface area contributed by atoms with E-state index in [0.29, 0.717) is 13.1 Å². The lowest BCUT2D eigenvalue weighted by atomic mass is 10.4. The van der Waals surface area contributed by atoms with Gasteiger partial charge in [0, 0.05) is 19.3 Å². The summed E-state index contributed by atoms with van der Waals surface area (Å²) in [6.07, 6.45) is 2.23. The number of sulfonamides is 1. The molecular formula is C12H25N5O2S. The van der Waals surface area contributed by atoms with Gasteiger partial charge in [-0.3, -0.25) is 4.68 Å². The van der Waals surface area contributed by atoms with E-state index in [1.807, 2.05) is 6.92 Å². The summed E-state index contributed by atoms with van der Waals surface area (Å²) in [5.74, 6) is 0.0445. The van der Waals surface area contributed by atoms with Crippen LogP contribution in [0.5, 0.6) is 0 Å². The molecule has 0 atom stereocenters. The molecule has 1 aromatic heterocycles. The van der Waals surface area contributed by atoms with Crippen LogP contribution < -0.4 is 10.5 Å². The van der Waals surface area contributed by atoms with E-state index >= 15 is 0 Å². The van der Waals surface area contributed by atoms with E-state index in [9.17, 15) is 8.42 Å². The highest BCUT2D eigenvalue weighted by molar-refractivity contribution is 7.89. The van der Waals surface area contributed by atoms with Gasteiger partial charge in [-0.2, -0.15) is 5.10 Å². The average Bonchev–Trinajstić information content (AvgIpc) is 2.81. The first kappa shape index (κ1) is 16.9. The molecule has 0 aliphatic heterocycles. The van der Waals surface area contributed by atoms with Crippen molar-refractivity contribution in [2.45, 2.75) is 38.6 Å². The van der Waals surface area contributed by atoms with Gasteiger partial charge in [0.1, 0.15) is 4.90 Å². The second kappa shape index (κ2) is 7.61. The predicted octanol–water partition coefficient (Wildman–Crippen LogP) is 0.495. The van der Waals surface area contributed by atoms with E-state index in [4.69, 9.17) is 5.73 Å². The van der Waals surface area contributed by atoms with Crippen LogP contribution in [0.3, 0.4) is 0 Å². The van der Waals surface area contributed by atoms with Crippen molar-refractivity contribution in [3.05, 3.63) is 6.20 Å². The van der Waals surface area contributed by atoms with Crippen LogP contribution in [-0.4, -0.2) is 49.3 Å². The van der Waals surface area contributed by atoms with Crippen LogP contribution in [0.2, 0.25) is 0 Å². The molecule has 1 rings (SSSR count). The van der Waals surface area contributed by atoms with Gasteiger partial charge < -0.3 is 10.6 Å². The SMILES string of the molecule is CCN(CC)CCCNS(=O)(=O)c1cn(CC)nc1N. The smallest absolute Gasteiger partial charge is 0.245 e. The Hall–Kier alpha value is -1.12. The number of hydrogen-bond donors (Lipinski definition) is 2. The highest BCUT2D eigenvalue weighted by atomic mass is 32.2. The maximum Gasteiger partial charge on any atom is 0.245 e.